The minimum absolute atomic E-state index is 0.0230. The summed E-state index contributed by atoms with van der Waals surface area (Å²) in [5.74, 6) is 0.0230. The highest BCUT2D eigenvalue weighted by Gasteiger charge is 2.15. The standard InChI is InChI=1S/C12H16N6S2/c1-6-5-8(9(10(13)14)7(2)15-6)19-12-17-16-11(20-12)18(3)4/h5H,1-4H3,(H3,13,14). The summed E-state index contributed by atoms with van der Waals surface area (Å²) in [6, 6.07) is 1.92. The number of nitrogen functional groups attached to an aromatic ring is 1. The Morgan fingerprint density at radius 3 is 2.60 bits per heavy atom. The average molecular weight is 308 g/mol. The van der Waals surface area contributed by atoms with Crippen molar-refractivity contribution in [2.75, 3.05) is 19.0 Å². The Labute approximate surface area is 125 Å². The molecule has 20 heavy (non-hydrogen) atoms. The van der Waals surface area contributed by atoms with Crippen LogP contribution in [0.2, 0.25) is 0 Å². The first-order valence-electron chi connectivity index (χ1n) is 5.89. The topological polar surface area (TPSA) is 91.8 Å². The molecule has 0 aromatic carbocycles. The highest BCUT2D eigenvalue weighted by atomic mass is 32.2. The van der Waals surface area contributed by atoms with E-state index in [4.69, 9.17) is 11.1 Å². The molecule has 0 spiro atoms. The molecule has 0 saturated carbocycles. The predicted molar refractivity (Wildman–Crippen MR) is 83.1 cm³/mol. The van der Waals surface area contributed by atoms with Crippen LogP contribution in [0.5, 0.6) is 0 Å². The third kappa shape index (κ3) is 3.07. The van der Waals surface area contributed by atoms with Crippen LogP contribution in [-0.2, 0) is 0 Å². The van der Waals surface area contributed by atoms with Crippen molar-refractivity contribution in [3.05, 3.63) is 23.0 Å². The van der Waals surface area contributed by atoms with Crippen LogP contribution < -0.4 is 10.6 Å². The summed E-state index contributed by atoms with van der Waals surface area (Å²) >= 11 is 2.97. The zero-order chi connectivity index (χ0) is 14.9. The number of pyridine rings is 1. The van der Waals surface area contributed by atoms with Crippen molar-refractivity contribution in [3.8, 4) is 0 Å². The van der Waals surface area contributed by atoms with Gasteiger partial charge in [0, 0.05) is 30.4 Å². The number of nitrogens with two attached hydrogens (primary N) is 1. The molecule has 0 radical (unpaired) electrons. The van der Waals surface area contributed by atoms with Gasteiger partial charge in [-0.1, -0.05) is 23.1 Å². The second-order valence-corrected chi connectivity index (χ2v) is 6.73. The van der Waals surface area contributed by atoms with Gasteiger partial charge in [-0.2, -0.15) is 0 Å². The first-order valence-corrected chi connectivity index (χ1v) is 7.53. The van der Waals surface area contributed by atoms with E-state index in [1.54, 1.807) is 0 Å². The molecule has 0 bridgehead atoms. The monoisotopic (exact) mass is 308 g/mol. The number of anilines is 1. The second-order valence-electron chi connectivity index (χ2n) is 4.48. The molecule has 2 rings (SSSR count). The Kier molecular flexibility index (Phi) is 4.24. The molecule has 2 aromatic rings. The van der Waals surface area contributed by atoms with E-state index in [1.807, 2.05) is 38.9 Å². The lowest BCUT2D eigenvalue weighted by Crippen LogP contribution is -2.15. The number of aryl methyl sites for hydroxylation is 2. The molecule has 6 nitrogen and oxygen atoms in total. The number of rotatable bonds is 4. The largest absolute Gasteiger partial charge is 0.384 e. The molecule has 0 amide bonds. The number of aromatic nitrogens is 3. The van der Waals surface area contributed by atoms with Crippen LogP contribution in [0, 0.1) is 19.3 Å². The maximum atomic E-state index is 7.71. The summed E-state index contributed by atoms with van der Waals surface area (Å²) in [6.45, 7) is 3.78. The van der Waals surface area contributed by atoms with Gasteiger partial charge < -0.3 is 10.6 Å². The molecule has 8 heteroatoms. The van der Waals surface area contributed by atoms with E-state index < -0.39 is 0 Å². The summed E-state index contributed by atoms with van der Waals surface area (Å²) in [5.41, 5.74) is 7.99. The average Bonchev–Trinajstić information content (AvgIpc) is 2.75. The maximum absolute atomic E-state index is 7.71. The highest BCUT2D eigenvalue weighted by Crippen LogP contribution is 2.35. The lowest BCUT2D eigenvalue weighted by atomic mass is 10.1. The molecule has 0 aliphatic heterocycles. The molecule has 0 unspecified atom stereocenters. The van der Waals surface area contributed by atoms with Crippen molar-refractivity contribution < 1.29 is 0 Å². The minimum Gasteiger partial charge on any atom is -0.384 e. The Morgan fingerprint density at radius 1 is 1.35 bits per heavy atom. The van der Waals surface area contributed by atoms with Crippen LogP contribution in [0.25, 0.3) is 0 Å². The molecule has 2 heterocycles. The Balaban J connectivity index is 2.39. The zero-order valence-electron chi connectivity index (χ0n) is 11.8. The third-order valence-electron chi connectivity index (χ3n) is 2.54. The van der Waals surface area contributed by atoms with Gasteiger partial charge in [0.25, 0.3) is 0 Å². The van der Waals surface area contributed by atoms with Gasteiger partial charge in [0.1, 0.15) is 5.84 Å². The fraction of sp³-hybridized carbons (Fsp3) is 0.333. The van der Waals surface area contributed by atoms with Crippen molar-refractivity contribution in [2.24, 2.45) is 5.73 Å². The van der Waals surface area contributed by atoms with Gasteiger partial charge in [0.05, 0.1) is 5.56 Å². The van der Waals surface area contributed by atoms with E-state index in [9.17, 15) is 0 Å². The first-order chi connectivity index (χ1) is 9.38. The highest BCUT2D eigenvalue weighted by molar-refractivity contribution is 8.01. The number of nitrogens with zero attached hydrogens (tertiary/aromatic N) is 4. The van der Waals surface area contributed by atoms with Crippen molar-refractivity contribution in [1.82, 2.24) is 15.2 Å². The van der Waals surface area contributed by atoms with Crippen LogP contribution in [0.15, 0.2) is 15.3 Å². The summed E-state index contributed by atoms with van der Waals surface area (Å²) in [4.78, 5) is 7.16. The lowest BCUT2D eigenvalue weighted by molar-refractivity contribution is 0.971. The van der Waals surface area contributed by atoms with Gasteiger partial charge in [-0.15, -0.1) is 10.2 Å². The summed E-state index contributed by atoms with van der Waals surface area (Å²) in [6.07, 6.45) is 0. The molecular weight excluding hydrogens is 292 g/mol. The lowest BCUT2D eigenvalue weighted by Gasteiger charge is -2.10. The minimum atomic E-state index is 0.0230. The van der Waals surface area contributed by atoms with Gasteiger partial charge in [-0.3, -0.25) is 10.4 Å². The van der Waals surface area contributed by atoms with Gasteiger partial charge in [0.15, 0.2) is 4.34 Å². The van der Waals surface area contributed by atoms with Crippen molar-refractivity contribution in [2.45, 2.75) is 23.1 Å². The van der Waals surface area contributed by atoms with Gasteiger partial charge in [-0.25, -0.2) is 0 Å². The Morgan fingerprint density at radius 2 is 2.05 bits per heavy atom. The molecule has 0 fully saturated rings. The van der Waals surface area contributed by atoms with E-state index in [0.717, 1.165) is 25.8 Å². The summed E-state index contributed by atoms with van der Waals surface area (Å²) in [5, 5.41) is 16.8. The Hall–Kier alpha value is -1.67. The van der Waals surface area contributed by atoms with Gasteiger partial charge in [-0.05, 0) is 19.9 Å². The van der Waals surface area contributed by atoms with Crippen LogP contribution in [0.3, 0.4) is 0 Å². The van der Waals surface area contributed by atoms with Crippen molar-refractivity contribution >= 4 is 34.1 Å². The van der Waals surface area contributed by atoms with Crippen LogP contribution in [-0.4, -0.2) is 35.1 Å². The van der Waals surface area contributed by atoms with Gasteiger partial charge >= 0.3 is 0 Å². The van der Waals surface area contributed by atoms with Crippen molar-refractivity contribution in [3.63, 3.8) is 0 Å². The van der Waals surface area contributed by atoms with Gasteiger partial charge in [0.2, 0.25) is 5.13 Å². The van der Waals surface area contributed by atoms with E-state index in [-0.39, 0.29) is 5.84 Å². The number of nitrogens with one attached hydrogen (secondary N) is 1. The zero-order valence-corrected chi connectivity index (χ0v) is 13.4. The third-order valence-corrected chi connectivity index (χ3v) is 4.72. The normalized spacial score (nSPS) is 10.6. The van der Waals surface area contributed by atoms with E-state index >= 15 is 0 Å². The second kappa shape index (κ2) is 5.76. The van der Waals surface area contributed by atoms with Crippen LogP contribution in [0.1, 0.15) is 17.0 Å². The smallest absolute Gasteiger partial charge is 0.208 e. The number of hydrogen-bond donors (Lipinski definition) is 2. The molecule has 0 aliphatic rings. The quantitative estimate of drug-likeness (QED) is 0.663. The van der Waals surface area contributed by atoms with E-state index in [2.05, 4.69) is 15.2 Å². The molecule has 106 valence electrons. The molecular formula is C12H16N6S2. The fourth-order valence-corrected chi connectivity index (χ4v) is 3.74. The first kappa shape index (κ1) is 14.7. The summed E-state index contributed by atoms with van der Waals surface area (Å²) < 4.78 is 0.821. The predicted octanol–water partition coefficient (Wildman–Crippen LogP) is 2.05. The van der Waals surface area contributed by atoms with Crippen LogP contribution >= 0.6 is 23.1 Å². The summed E-state index contributed by atoms with van der Waals surface area (Å²) in [7, 11) is 3.85. The van der Waals surface area contributed by atoms with Crippen molar-refractivity contribution in [1.29, 1.82) is 5.41 Å². The maximum Gasteiger partial charge on any atom is 0.208 e. The molecule has 3 N–H and O–H groups in total. The molecule has 0 atom stereocenters. The number of hydrogen-bond acceptors (Lipinski definition) is 7. The fourth-order valence-electron chi connectivity index (χ4n) is 1.72. The molecule has 0 saturated heterocycles. The van der Waals surface area contributed by atoms with E-state index in [0.29, 0.717) is 5.56 Å². The van der Waals surface area contributed by atoms with E-state index in [1.165, 1.54) is 23.1 Å². The SMILES string of the molecule is Cc1cc(Sc2nnc(N(C)C)s2)c(C(=N)N)c(C)n1. The Bertz CT molecular complexity index is 649. The number of amidine groups is 1. The molecule has 2 aromatic heterocycles. The molecule has 0 aliphatic carbocycles. The van der Waals surface area contributed by atoms with Crippen LogP contribution in [0.4, 0.5) is 5.13 Å².